The van der Waals surface area contributed by atoms with Crippen molar-refractivity contribution < 1.29 is 14.3 Å². The van der Waals surface area contributed by atoms with Crippen LogP contribution in [0.1, 0.15) is 5.56 Å². The number of rotatable bonds is 5. The van der Waals surface area contributed by atoms with Gasteiger partial charge in [0.2, 0.25) is 0 Å². The predicted molar refractivity (Wildman–Crippen MR) is 76.5 cm³/mol. The van der Waals surface area contributed by atoms with Crippen molar-refractivity contribution in [2.75, 3.05) is 11.4 Å². The maximum Gasteiger partial charge on any atom is 0.323 e. The van der Waals surface area contributed by atoms with Crippen LogP contribution in [-0.4, -0.2) is 17.6 Å². The highest BCUT2D eigenvalue weighted by Gasteiger charge is 2.12. The summed E-state index contributed by atoms with van der Waals surface area (Å²) in [6.07, 6.45) is 0. The maximum atomic E-state index is 13.4. The predicted octanol–water partition coefficient (Wildman–Crippen LogP) is 3.57. The molecule has 2 aromatic rings. The van der Waals surface area contributed by atoms with E-state index >= 15 is 0 Å². The molecule has 3 nitrogen and oxygen atoms in total. The summed E-state index contributed by atoms with van der Waals surface area (Å²) in [5.41, 5.74) is 1.43. The molecule has 0 spiro atoms. The first kappa shape index (κ1) is 14.3. The molecule has 0 aliphatic heterocycles. The average Bonchev–Trinajstić information content (AvgIpc) is 2.43. The molecule has 0 amide bonds. The summed E-state index contributed by atoms with van der Waals surface area (Å²) in [4.78, 5) is 12.6. The van der Waals surface area contributed by atoms with Crippen LogP contribution in [0.4, 0.5) is 10.1 Å². The largest absolute Gasteiger partial charge is 0.480 e. The lowest BCUT2D eigenvalue weighted by molar-refractivity contribution is -0.135. The fraction of sp³-hybridized carbons (Fsp3) is 0.133. The van der Waals surface area contributed by atoms with Crippen LogP contribution >= 0.6 is 11.6 Å². The SMILES string of the molecule is O=C(O)CN(Cc1ccc(Cl)c(F)c1)c1ccccc1. The highest BCUT2D eigenvalue weighted by molar-refractivity contribution is 6.30. The van der Waals surface area contributed by atoms with Crippen molar-refractivity contribution in [3.8, 4) is 0 Å². The van der Waals surface area contributed by atoms with E-state index in [1.165, 1.54) is 12.1 Å². The zero-order chi connectivity index (χ0) is 14.5. The monoisotopic (exact) mass is 293 g/mol. The number of nitrogens with zero attached hydrogens (tertiary/aromatic N) is 1. The van der Waals surface area contributed by atoms with Crippen LogP contribution in [0.3, 0.4) is 0 Å². The van der Waals surface area contributed by atoms with E-state index in [9.17, 15) is 9.18 Å². The Labute approximate surface area is 121 Å². The molecule has 2 rings (SSSR count). The van der Waals surface area contributed by atoms with Crippen molar-refractivity contribution in [2.45, 2.75) is 6.54 Å². The van der Waals surface area contributed by atoms with Gasteiger partial charge in [0.05, 0.1) is 5.02 Å². The number of carboxylic acids is 1. The Morgan fingerprint density at radius 2 is 1.90 bits per heavy atom. The third-order valence-corrected chi connectivity index (χ3v) is 3.11. The molecule has 0 bridgehead atoms. The van der Waals surface area contributed by atoms with E-state index in [-0.39, 0.29) is 11.6 Å². The summed E-state index contributed by atoms with van der Waals surface area (Å²) < 4.78 is 13.4. The number of carbonyl (C=O) groups is 1. The number of halogens is 2. The van der Waals surface area contributed by atoms with E-state index in [0.717, 1.165) is 5.69 Å². The minimum atomic E-state index is -0.941. The molecule has 104 valence electrons. The van der Waals surface area contributed by atoms with Crippen LogP contribution in [0.5, 0.6) is 0 Å². The van der Waals surface area contributed by atoms with Crippen molar-refractivity contribution in [1.29, 1.82) is 0 Å². The van der Waals surface area contributed by atoms with Crippen molar-refractivity contribution in [1.82, 2.24) is 0 Å². The molecule has 0 aliphatic rings. The van der Waals surface area contributed by atoms with E-state index in [1.54, 1.807) is 11.0 Å². The fourth-order valence-electron chi connectivity index (χ4n) is 1.90. The number of anilines is 1. The van der Waals surface area contributed by atoms with Gasteiger partial charge in [-0.25, -0.2) is 4.39 Å². The highest BCUT2D eigenvalue weighted by atomic mass is 35.5. The Hall–Kier alpha value is -2.07. The normalized spacial score (nSPS) is 10.3. The third kappa shape index (κ3) is 3.71. The van der Waals surface area contributed by atoms with Crippen LogP contribution < -0.4 is 4.90 Å². The Balaban J connectivity index is 2.23. The number of hydrogen-bond donors (Lipinski definition) is 1. The summed E-state index contributed by atoms with van der Waals surface area (Å²) >= 11 is 5.64. The molecule has 0 saturated carbocycles. The van der Waals surface area contributed by atoms with E-state index < -0.39 is 11.8 Å². The molecule has 0 saturated heterocycles. The molecule has 20 heavy (non-hydrogen) atoms. The Morgan fingerprint density at radius 1 is 1.20 bits per heavy atom. The lowest BCUT2D eigenvalue weighted by Crippen LogP contribution is -2.29. The lowest BCUT2D eigenvalue weighted by Gasteiger charge is -2.23. The van der Waals surface area contributed by atoms with Gasteiger partial charge < -0.3 is 10.0 Å². The minimum absolute atomic E-state index is 0.0539. The zero-order valence-electron chi connectivity index (χ0n) is 10.6. The number of carboxylic acid groups (broad SMARTS) is 1. The second kappa shape index (κ2) is 6.39. The number of benzene rings is 2. The van der Waals surface area contributed by atoms with Gasteiger partial charge in [0.15, 0.2) is 0 Å². The van der Waals surface area contributed by atoms with Gasteiger partial charge in [-0.2, -0.15) is 0 Å². The van der Waals surface area contributed by atoms with Crippen LogP contribution in [0.25, 0.3) is 0 Å². The smallest absolute Gasteiger partial charge is 0.323 e. The summed E-state index contributed by atoms with van der Waals surface area (Å²) in [5, 5.41) is 9.04. The highest BCUT2D eigenvalue weighted by Crippen LogP contribution is 2.20. The first-order valence-corrected chi connectivity index (χ1v) is 6.40. The van der Waals surface area contributed by atoms with E-state index in [1.807, 2.05) is 30.3 Å². The minimum Gasteiger partial charge on any atom is -0.480 e. The van der Waals surface area contributed by atoms with E-state index in [4.69, 9.17) is 16.7 Å². The fourth-order valence-corrected chi connectivity index (χ4v) is 2.02. The molecule has 0 fully saturated rings. The van der Waals surface area contributed by atoms with Crippen LogP contribution in [0, 0.1) is 5.82 Å². The average molecular weight is 294 g/mol. The molecule has 1 N–H and O–H groups in total. The first-order valence-electron chi connectivity index (χ1n) is 6.02. The Bertz CT molecular complexity index is 604. The molecule has 0 heterocycles. The van der Waals surface area contributed by atoms with Gasteiger partial charge in [-0.15, -0.1) is 0 Å². The molecule has 0 aliphatic carbocycles. The van der Waals surface area contributed by atoms with Crippen molar-refractivity contribution in [3.05, 3.63) is 64.9 Å². The molecular formula is C15H13ClFNO2. The number of para-hydroxylation sites is 1. The molecule has 5 heteroatoms. The second-order valence-corrected chi connectivity index (χ2v) is 4.74. The topological polar surface area (TPSA) is 40.5 Å². The molecule has 0 unspecified atom stereocenters. The van der Waals surface area contributed by atoms with E-state index in [2.05, 4.69) is 0 Å². The van der Waals surface area contributed by atoms with Crippen molar-refractivity contribution >= 4 is 23.3 Å². The summed E-state index contributed by atoms with van der Waals surface area (Å²) in [6.45, 7) is 0.138. The summed E-state index contributed by atoms with van der Waals surface area (Å²) in [7, 11) is 0. The first-order chi connectivity index (χ1) is 9.56. The molecule has 2 aromatic carbocycles. The number of hydrogen-bond acceptors (Lipinski definition) is 2. The third-order valence-electron chi connectivity index (χ3n) is 2.80. The van der Waals surface area contributed by atoms with Gasteiger partial charge in [-0.05, 0) is 29.8 Å². The Morgan fingerprint density at radius 3 is 2.50 bits per heavy atom. The van der Waals surface area contributed by atoms with Gasteiger partial charge in [-0.1, -0.05) is 35.9 Å². The quantitative estimate of drug-likeness (QED) is 0.916. The van der Waals surface area contributed by atoms with Gasteiger partial charge in [0, 0.05) is 12.2 Å². The van der Waals surface area contributed by atoms with Crippen LogP contribution in [0.15, 0.2) is 48.5 Å². The zero-order valence-corrected chi connectivity index (χ0v) is 11.3. The van der Waals surface area contributed by atoms with E-state index in [0.29, 0.717) is 12.1 Å². The standard InChI is InChI=1S/C15H13ClFNO2/c16-13-7-6-11(8-14(13)17)9-18(10-15(19)20)12-4-2-1-3-5-12/h1-8H,9-10H2,(H,19,20). The Kier molecular flexibility index (Phi) is 4.58. The van der Waals surface area contributed by atoms with Crippen molar-refractivity contribution in [2.24, 2.45) is 0 Å². The maximum absolute atomic E-state index is 13.4. The van der Waals surface area contributed by atoms with Crippen LogP contribution in [0.2, 0.25) is 5.02 Å². The molecule has 0 radical (unpaired) electrons. The molecule has 0 atom stereocenters. The summed E-state index contributed by atoms with van der Waals surface area (Å²) in [6, 6.07) is 13.6. The number of aliphatic carboxylic acids is 1. The van der Waals surface area contributed by atoms with Crippen LogP contribution in [-0.2, 0) is 11.3 Å². The molecular weight excluding hydrogens is 281 g/mol. The van der Waals surface area contributed by atoms with Gasteiger partial charge >= 0.3 is 5.97 Å². The van der Waals surface area contributed by atoms with Gasteiger partial charge in [0.1, 0.15) is 12.4 Å². The molecule has 0 aromatic heterocycles. The van der Waals surface area contributed by atoms with Gasteiger partial charge in [0.25, 0.3) is 0 Å². The van der Waals surface area contributed by atoms with Gasteiger partial charge in [-0.3, -0.25) is 4.79 Å². The van der Waals surface area contributed by atoms with Crippen molar-refractivity contribution in [3.63, 3.8) is 0 Å². The summed E-state index contributed by atoms with van der Waals surface area (Å²) in [5.74, 6) is -1.45. The second-order valence-electron chi connectivity index (χ2n) is 4.33. The lowest BCUT2D eigenvalue weighted by atomic mass is 10.2.